The second kappa shape index (κ2) is 5.13. The highest BCUT2D eigenvalue weighted by Gasteiger charge is 2.13. The molecule has 0 fully saturated rings. The molecule has 0 aliphatic heterocycles. The third kappa shape index (κ3) is 2.33. The van der Waals surface area contributed by atoms with Crippen LogP contribution in [0.4, 0.5) is 5.82 Å². The van der Waals surface area contributed by atoms with E-state index in [1.54, 1.807) is 12.3 Å². The molecule has 0 unspecified atom stereocenters. The van der Waals surface area contributed by atoms with Crippen molar-refractivity contribution in [2.45, 2.75) is 0 Å². The van der Waals surface area contributed by atoms with Gasteiger partial charge in [-0.2, -0.15) is 4.98 Å². The van der Waals surface area contributed by atoms with E-state index in [1.165, 1.54) is 14.2 Å². The lowest BCUT2D eigenvalue weighted by molar-refractivity contribution is 0.353. The van der Waals surface area contributed by atoms with E-state index < -0.39 is 0 Å². The summed E-state index contributed by atoms with van der Waals surface area (Å²) in [5.74, 6) is 0.667. The molecule has 2 N–H and O–H groups in total. The molecule has 0 aliphatic carbocycles. The standard InChI is InChI=1S/C10H10BrN5O2/c1-17-9-5(4-13-10(14-9)18-2)7-3-6(11)8(12)16-15-7/h3-4H,1-2H3,(H2,12,16). The van der Waals surface area contributed by atoms with Crippen molar-refractivity contribution in [3.63, 3.8) is 0 Å². The molecule has 0 amide bonds. The van der Waals surface area contributed by atoms with E-state index in [1.807, 2.05) is 0 Å². The fraction of sp³-hybridized carbons (Fsp3) is 0.200. The molecule has 2 rings (SSSR count). The maximum atomic E-state index is 5.58. The molecule has 0 bridgehead atoms. The molecule has 0 aromatic carbocycles. The van der Waals surface area contributed by atoms with Crippen LogP contribution < -0.4 is 15.2 Å². The van der Waals surface area contributed by atoms with E-state index in [4.69, 9.17) is 15.2 Å². The third-order valence-corrected chi connectivity index (χ3v) is 2.79. The topological polar surface area (TPSA) is 96.0 Å². The lowest BCUT2D eigenvalue weighted by Crippen LogP contribution is -2.00. The SMILES string of the molecule is COc1ncc(-c2cc(Br)c(N)nn2)c(OC)n1. The van der Waals surface area contributed by atoms with Crippen LogP contribution in [-0.4, -0.2) is 34.4 Å². The normalized spacial score (nSPS) is 10.2. The second-order valence-corrected chi connectivity index (χ2v) is 4.10. The summed E-state index contributed by atoms with van der Waals surface area (Å²) < 4.78 is 10.7. The van der Waals surface area contributed by atoms with Crippen LogP contribution in [-0.2, 0) is 0 Å². The van der Waals surface area contributed by atoms with Gasteiger partial charge in [-0.1, -0.05) is 0 Å². The predicted octanol–water partition coefficient (Wildman–Crippen LogP) is 1.30. The van der Waals surface area contributed by atoms with Gasteiger partial charge in [-0.15, -0.1) is 10.2 Å². The van der Waals surface area contributed by atoms with Crippen LogP contribution in [0.15, 0.2) is 16.7 Å². The number of hydrogen-bond donors (Lipinski definition) is 1. The smallest absolute Gasteiger partial charge is 0.319 e. The summed E-state index contributed by atoms with van der Waals surface area (Å²) in [7, 11) is 2.99. The van der Waals surface area contributed by atoms with Crippen LogP contribution in [0.2, 0.25) is 0 Å². The molecular formula is C10H10BrN5O2. The van der Waals surface area contributed by atoms with Crippen molar-refractivity contribution in [3.8, 4) is 23.1 Å². The molecule has 2 aromatic heterocycles. The first-order chi connectivity index (χ1) is 8.65. The molecule has 0 aliphatic rings. The largest absolute Gasteiger partial charge is 0.480 e. The van der Waals surface area contributed by atoms with E-state index in [0.717, 1.165) is 0 Å². The first-order valence-electron chi connectivity index (χ1n) is 4.89. The van der Waals surface area contributed by atoms with Gasteiger partial charge >= 0.3 is 6.01 Å². The van der Waals surface area contributed by atoms with Gasteiger partial charge in [0, 0.05) is 6.20 Å². The Morgan fingerprint density at radius 3 is 2.61 bits per heavy atom. The van der Waals surface area contributed by atoms with E-state index in [0.29, 0.717) is 27.4 Å². The molecule has 2 aromatic rings. The van der Waals surface area contributed by atoms with E-state index in [2.05, 4.69) is 36.1 Å². The number of nitrogens with two attached hydrogens (primary N) is 1. The molecule has 0 saturated heterocycles. The van der Waals surface area contributed by atoms with Gasteiger partial charge in [0.1, 0.15) is 5.69 Å². The number of hydrogen-bond acceptors (Lipinski definition) is 7. The van der Waals surface area contributed by atoms with Gasteiger partial charge in [0.15, 0.2) is 5.82 Å². The Kier molecular flexibility index (Phi) is 3.56. The Labute approximate surface area is 111 Å². The average Bonchev–Trinajstić information content (AvgIpc) is 2.41. The summed E-state index contributed by atoms with van der Waals surface area (Å²) in [5.41, 5.74) is 6.73. The summed E-state index contributed by atoms with van der Waals surface area (Å²) >= 11 is 3.28. The number of nitrogen functional groups attached to an aromatic ring is 1. The Morgan fingerprint density at radius 2 is 2.00 bits per heavy atom. The fourth-order valence-electron chi connectivity index (χ4n) is 1.29. The molecule has 0 spiro atoms. The molecule has 0 saturated carbocycles. The zero-order chi connectivity index (χ0) is 13.1. The molecule has 8 heteroatoms. The lowest BCUT2D eigenvalue weighted by Gasteiger charge is -2.07. The van der Waals surface area contributed by atoms with Crippen LogP contribution in [0, 0.1) is 0 Å². The van der Waals surface area contributed by atoms with Crippen LogP contribution in [0.3, 0.4) is 0 Å². The number of anilines is 1. The minimum Gasteiger partial charge on any atom is -0.480 e. The van der Waals surface area contributed by atoms with Crippen molar-refractivity contribution < 1.29 is 9.47 Å². The van der Waals surface area contributed by atoms with Crippen molar-refractivity contribution in [1.82, 2.24) is 20.2 Å². The van der Waals surface area contributed by atoms with Crippen molar-refractivity contribution in [2.75, 3.05) is 20.0 Å². The predicted molar refractivity (Wildman–Crippen MR) is 68.3 cm³/mol. The summed E-state index contributed by atoms with van der Waals surface area (Å²) in [6.45, 7) is 0. The van der Waals surface area contributed by atoms with Crippen LogP contribution >= 0.6 is 15.9 Å². The zero-order valence-electron chi connectivity index (χ0n) is 9.72. The molecule has 7 nitrogen and oxygen atoms in total. The van der Waals surface area contributed by atoms with E-state index >= 15 is 0 Å². The Balaban J connectivity index is 2.52. The number of nitrogens with zero attached hydrogens (tertiary/aromatic N) is 4. The summed E-state index contributed by atoms with van der Waals surface area (Å²) in [6, 6.07) is 1.94. The highest BCUT2D eigenvalue weighted by atomic mass is 79.9. The lowest BCUT2D eigenvalue weighted by atomic mass is 10.2. The van der Waals surface area contributed by atoms with E-state index in [-0.39, 0.29) is 6.01 Å². The van der Waals surface area contributed by atoms with Gasteiger partial charge in [-0.3, -0.25) is 0 Å². The monoisotopic (exact) mass is 311 g/mol. The van der Waals surface area contributed by atoms with Crippen molar-refractivity contribution in [3.05, 3.63) is 16.7 Å². The van der Waals surface area contributed by atoms with Crippen molar-refractivity contribution in [1.29, 1.82) is 0 Å². The number of methoxy groups -OCH3 is 2. The van der Waals surface area contributed by atoms with Crippen molar-refractivity contribution >= 4 is 21.7 Å². The molecule has 18 heavy (non-hydrogen) atoms. The van der Waals surface area contributed by atoms with Gasteiger partial charge in [-0.05, 0) is 22.0 Å². The highest BCUT2D eigenvalue weighted by Crippen LogP contribution is 2.29. The van der Waals surface area contributed by atoms with Crippen LogP contribution in [0.5, 0.6) is 11.9 Å². The zero-order valence-corrected chi connectivity index (χ0v) is 11.3. The van der Waals surface area contributed by atoms with Crippen LogP contribution in [0.1, 0.15) is 0 Å². The first kappa shape index (κ1) is 12.5. The number of aromatic nitrogens is 4. The number of halogens is 1. The summed E-state index contributed by atoms with van der Waals surface area (Å²) in [6.07, 6.45) is 1.55. The Bertz CT molecular complexity index is 578. The minimum atomic E-state index is 0.220. The third-order valence-electron chi connectivity index (χ3n) is 2.16. The van der Waals surface area contributed by atoms with Gasteiger partial charge in [0.05, 0.1) is 24.3 Å². The molecule has 0 atom stereocenters. The summed E-state index contributed by atoms with van der Waals surface area (Å²) in [4.78, 5) is 8.07. The van der Waals surface area contributed by atoms with Crippen LogP contribution in [0.25, 0.3) is 11.3 Å². The quantitative estimate of drug-likeness (QED) is 0.912. The summed E-state index contributed by atoms with van der Waals surface area (Å²) in [5, 5.41) is 7.78. The maximum absolute atomic E-state index is 5.58. The average molecular weight is 312 g/mol. The fourth-order valence-corrected chi connectivity index (χ4v) is 1.59. The highest BCUT2D eigenvalue weighted by molar-refractivity contribution is 9.10. The minimum absolute atomic E-state index is 0.220. The van der Waals surface area contributed by atoms with Gasteiger partial charge < -0.3 is 15.2 Å². The second-order valence-electron chi connectivity index (χ2n) is 3.24. The van der Waals surface area contributed by atoms with E-state index in [9.17, 15) is 0 Å². The number of rotatable bonds is 3. The molecule has 94 valence electrons. The number of ether oxygens (including phenoxy) is 2. The van der Waals surface area contributed by atoms with Crippen molar-refractivity contribution in [2.24, 2.45) is 0 Å². The Hall–Kier alpha value is -1.96. The first-order valence-corrected chi connectivity index (χ1v) is 5.69. The molecular weight excluding hydrogens is 302 g/mol. The van der Waals surface area contributed by atoms with Gasteiger partial charge in [0.2, 0.25) is 5.88 Å². The molecule has 0 radical (unpaired) electrons. The maximum Gasteiger partial charge on any atom is 0.319 e. The van der Waals surface area contributed by atoms with Gasteiger partial charge in [-0.25, -0.2) is 4.98 Å². The Morgan fingerprint density at radius 1 is 1.22 bits per heavy atom. The van der Waals surface area contributed by atoms with Gasteiger partial charge in [0.25, 0.3) is 0 Å². The molecule has 2 heterocycles.